The summed E-state index contributed by atoms with van der Waals surface area (Å²) in [6.45, 7) is 1.94. The Kier molecular flexibility index (Phi) is 5.68. The summed E-state index contributed by atoms with van der Waals surface area (Å²) in [5.74, 6) is 0.547. The van der Waals surface area contributed by atoms with E-state index in [2.05, 4.69) is 16.4 Å². The Labute approximate surface area is 176 Å². The summed E-state index contributed by atoms with van der Waals surface area (Å²) < 4.78 is 13.0. The molecule has 1 amide bonds. The van der Waals surface area contributed by atoms with Crippen LogP contribution in [0.25, 0.3) is 11.8 Å². The standard InChI is InChI=1S/C24H25N3O3/c1-16-14-27(15-25-16)20-10-8-17(12-21(20)29-2)9-11-23(28)26-24-19-7-5-4-6-18(19)13-22(24)30-3/h4-12,14-15,22,24H,13H2,1-3H3,(H,26,28)/t22-,24+/m0/s1. The van der Waals surface area contributed by atoms with Crippen LogP contribution >= 0.6 is 0 Å². The lowest BCUT2D eigenvalue weighted by Crippen LogP contribution is -2.33. The summed E-state index contributed by atoms with van der Waals surface area (Å²) in [4.78, 5) is 16.9. The van der Waals surface area contributed by atoms with Gasteiger partial charge in [0.05, 0.1) is 37.0 Å². The number of aromatic nitrogens is 2. The third kappa shape index (κ3) is 4.00. The molecular weight excluding hydrogens is 378 g/mol. The monoisotopic (exact) mass is 403 g/mol. The first-order chi connectivity index (χ1) is 14.6. The van der Waals surface area contributed by atoms with E-state index in [9.17, 15) is 4.79 Å². The number of aryl methyl sites for hydroxylation is 1. The summed E-state index contributed by atoms with van der Waals surface area (Å²) in [5.41, 5.74) is 5.03. The van der Waals surface area contributed by atoms with Crippen molar-refractivity contribution in [2.24, 2.45) is 0 Å². The van der Waals surface area contributed by atoms with E-state index < -0.39 is 0 Å². The number of amides is 1. The van der Waals surface area contributed by atoms with Crippen molar-refractivity contribution in [1.82, 2.24) is 14.9 Å². The number of carbonyl (C=O) groups excluding carboxylic acids is 1. The lowest BCUT2D eigenvalue weighted by molar-refractivity contribution is -0.118. The maximum atomic E-state index is 12.6. The first-order valence-corrected chi connectivity index (χ1v) is 9.87. The second kappa shape index (κ2) is 8.55. The molecule has 4 rings (SSSR count). The highest BCUT2D eigenvalue weighted by Gasteiger charge is 2.32. The Morgan fingerprint density at radius 3 is 2.80 bits per heavy atom. The van der Waals surface area contributed by atoms with Gasteiger partial charge in [-0.1, -0.05) is 30.3 Å². The van der Waals surface area contributed by atoms with Gasteiger partial charge in [-0.05, 0) is 41.8 Å². The van der Waals surface area contributed by atoms with Crippen molar-refractivity contribution in [3.8, 4) is 11.4 Å². The molecule has 0 aliphatic heterocycles. The summed E-state index contributed by atoms with van der Waals surface area (Å²) in [7, 11) is 3.31. The maximum Gasteiger partial charge on any atom is 0.244 e. The van der Waals surface area contributed by atoms with E-state index in [0.717, 1.165) is 28.9 Å². The van der Waals surface area contributed by atoms with Gasteiger partial charge in [0, 0.05) is 25.8 Å². The SMILES string of the molecule is COc1cc(C=CC(=O)N[C@@H]2c3ccccc3C[C@@H]2OC)ccc1-n1cnc(C)c1. The van der Waals surface area contributed by atoms with E-state index in [1.54, 1.807) is 32.7 Å². The molecule has 30 heavy (non-hydrogen) atoms. The fourth-order valence-electron chi connectivity index (χ4n) is 3.89. The number of fused-ring (bicyclic) bond motifs is 1. The Morgan fingerprint density at radius 2 is 2.07 bits per heavy atom. The molecule has 0 unspecified atom stereocenters. The van der Waals surface area contributed by atoms with Crippen LogP contribution in [0.4, 0.5) is 0 Å². The smallest absolute Gasteiger partial charge is 0.244 e. The number of rotatable bonds is 6. The first kappa shape index (κ1) is 19.9. The number of imidazole rings is 1. The van der Waals surface area contributed by atoms with Crippen molar-refractivity contribution < 1.29 is 14.3 Å². The van der Waals surface area contributed by atoms with Crippen molar-refractivity contribution in [1.29, 1.82) is 0 Å². The maximum absolute atomic E-state index is 12.6. The number of carbonyl (C=O) groups is 1. The summed E-state index contributed by atoms with van der Waals surface area (Å²) in [5, 5.41) is 3.08. The molecule has 2 aromatic carbocycles. The van der Waals surface area contributed by atoms with E-state index in [1.807, 2.05) is 54.1 Å². The zero-order valence-corrected chi connectivity index (χ0v) is 17.3. The molecule has 1 heterocycles. The van der Waals surface area contributed by atoms with Gasteiger partial charge in [-0.15, -0.1) is 0 Å². The fourth-order valence-corrected chi connectivity index (χ4v) is 3.89. The van der Waals surface area contributed by atoms with Crippen molar-refractivity contribution >= 4 is 12.0 Å². The van der Waals surface area contributed by atoms with Crippen molar-refractivity contribution in [3.05, 3.63) is 83.4 Å². The molecule has 0 spiro atoms. The predicted octanol–water partition coefficient (Wildman–Crippen LogP) is 3.63. The van der Waals surface area contributed by atoms with E-state index in [-0.39, 0.29) is 18.1 Å². The molecule has 2 atom stereocenters. The minimum absolute atomic E-state index is 0.0576. The molecule has 6 heteroatoms. The largest absolute Gasteiger partial charge is 0.495 e. The number of benzene rings is 2. The lowest BCUT2D eigenvalue weighted by atomic mass is 10.1. The number of ether oxygens (including phenoxy) is 2. The van der Waals surface area contributed by atoms with Crippen molar-refractivity contribution in [2.45, 2.75) is 25.5 Å². The van der Waals surface area contributed by atoms with E-state index in [0.29, 0.717) is 5.75 Å². The van der Waals surface area contributed by atoms with Crippen LogP contribution in [0.3, 0.4) is 0 Å². The van der Waals surface area contributed by atoms with Crippen molar-refractivity contribution in [2.75, 3.05) is 14.2 Å². The van der Waals surface area contributed by atoms with Crippen LogP contribution in [-0.2, 0) is 16.0 Å². The zero-order chi connectivity index (χ0) is 21.1. The summed E-state index contributed by atoms with van der Waals surface area (Å²) in [6.07, 6.45) is 7.76. The number of hydrogen-bond donors (Lipinski definition) is 1. The molecule has 0 saturated carbocycles. The Morgan fingerprint density at radius 1 is 1.23 bits per heavy atom. The normalized spacial score (nSPS) is 17.8. The third-order valence-corrected chi connectivity index (χ3v) is 5.40. The van der Waals surface area contributed by atoms with Gasteiger partial charge in [0.1, 0.15) is 5.75 Å². The highest BCUT2D eigenvalue weighted by molar-refractivity contribution is 5.92. The Balaban J connectivity index is 1.49. The molecule has 0 fully saturated rings. The second-order valence-corrected chi connectivity index (χ2v) is 7.35. The minimum Gasteiger partial charge on any atom is -0.495 e. The van der Waals surface area contributed by atoms with Crippen LogP contribution in [-0.4, -0.2) is 35.8 Å². The molecule has 1 N–H and O–H groups in total. The van der Waals surface area contributed by atoms with Crippen LogP contribution in [0.2, 0.25) is 0 Å². The number of methoxy groups -OCH3 is 2. The lowest BCUT2D eigenvalue weighted by Gasteiger charge is -2.20. The Bertz CT molecular complexity index is 1090. The predicted molar refractivity (Wildman–Crippen MR) is 116 cm³/mol. The minimum atomic E-state index is -0.160. The van der Waals surface area contributed by atoms with Gasteiger partial charge in [-0.3, -0.25) is 4.79 Å². The molecule has 0 radical (unpaired) electrons. The van der Waals surface area contributed by atoms with Crippen LogP contribution in [0.1, 0.15) is 28.4 Å². The molecular formula is C24H25N3O3. The van der Waals surface area contributed by atoms with Gasteiger partial charge in [0.15, 0.2) is 0 Å². The Hall–Kier alpha value is -3.38. The van der Waals surface area contributed by atoms with Crippen LogP contribution in [0.5, 0.6) is 5.75 Å². The van der Waals surface area contributed by atoms with Crippen LogP contribution in [0, 0.1) is 6.92 Å². The van der Waals surface area contributed by atoms with Gasteiger partial charge in [-0.25, -0.2) is 4.98 Å². The van der Waals surface area contributed by atoms with Gasteiger partial charge in [-0.2, -0.15) is 0 Å². The van der Waals surface area contributed by atoms with Crippen LogP contribution in [0.15, 0.2) is 61.1 Å². The highest BCUT2D eigenvalue weighted by Crippen LogP contribution is 2.33. The third-order valence-electron chi connectivity index (χ3n) is 5.40. The second-order valence-electron chi connectivity index (χ2n) is 7.35. The molecule has 6 nitrogen and oxygen atoms in total. The zero-order valence-electron chi connectivity index (χ0n) is 17.3. The molecule has 154 valence electrons. The van der Waals surface area contributed by atoms with Gasteiger partial charge in [0.2, 0.25) is 5.91 Å². The highest BCUT2D eigenvalue weighted by atomic mass is 16.5. The van der Waals surface area contributed by atoms with Gasteiger partial charge in [0.25, 0.3) is 0 Å². The average molecular weight is 403 g/mol. The number of hydrogen-bond acceptors (Lipinski definition) is 4. The quantitative estimate of drug-likeness (QED) is 0.639. The molecule has 3 aromatic rings. The first-order valence-electron chi connectivity index (χ1n) is 9.87. The molecule has 0 saturated heterocycles. The number of nitrogens with one attached hydrogen (secondary N) is 1. The molecule has 1 aliphatic carbocycles. The van der Waals surface area contributed by atoms with Gasteiger partial charge >= 0.3 is 0 Å². The van der Waals surface area contributed by atoms with E-state index >= 15 is 0 Å². The summed E-state index contributed by atoms with van der Waals surface area (Å²) in [6, 6.07) is 13.8. The van der Waals surface area contributed by atoms with E-state index in [4.69, 9.17) is 9.47 Å². The van der Waals surface area contributed by atoms with Crippen molar-refractivity contribution in [3.63, 3.8) is 0 Å². The van der Waals surface area contributed by atoms with E-state index in [1.165, 1.54) is 5.56 Å². The number of nitrogens with zero attached hydrogens (tertiary/aromatic N) is 2. The average Bonchev–Trinajstić information content (AvgIpc) is 3.35. The molecule has 0 bridgehead atoms. The van der Waals surface area contributed by atoms with Crippen LogP contribution < -0.4 is 10.1 Å². The molecule has 1 aliphatic rings. The van der Waals surface area contributed by atoms with Gasteiger partial charge < -0.3 is 19.4 Å². The fraction of sp³-hybridized carbons (Fsp3) is 0.250. The summed E-state index contributed by atoms with van der Waals surface area (Å²) >= 11 is 0. The topological polar surface area (TPSA) is 65.4 Å². The molecule has 1 aromatic heterocycles.